The summed E-state index contributed by atoms with van der Waals surface area (Å²) in [4.78, 5) is 17.8. The van der Waals surface area contributed by atoms with Crippen molar-refractivity contribution in [2.24, 2.45) is 0 Å². The Balaban J connectivity index is 1.45. The lowest BCUT2D eigenvalue weighted by Crippen LogP contribution is -2.35. The fourth-order valence-corrected chi connectivity index (χ4v) is 4.02. The second-order valence-corrected chi connectivity index (χ2v) is 9.95. The van der Waals surface area contributed by atoms with Gasteiger partial charge in [0.2, 0.25) is 5.91 Å². The number of carbonyl (C=O) groups excluding carboxylic acids is 1. The summed E-state index contributed by atoms with van der Waals surface area (Å²) in [5, 5.41) is 29.3. The molecule has 1 unspecified atom stereocenters. The smallest absolute Gasteiger partial charge is 0.247 e. The molecule has 2 heterocycles. The van der Waals surface area contributed by atoms with Gasteiger partial charge < -0.3 is 15.7 Å². The number of carbonyl (C=O) groups is 1. The van der Waals surface area contributed by atoms with E-state index in [1.165, 1.54) is 0 Å². The minimum absolute atomic E-state index is 0.0276. The molecule has 0 radical (unpaired) electrons. The van der Waals surface area contributed by atoms with Gasteiger partial charge in [0, 0.05) is 30.1 Å². The van der Waals surface area contributed by atoms with Crippen LogP contribution >= 0.6 is 0 Å². The van der Waals surface area contributed by atoms with Crippen LogP contribution in [0.15, 0.2) is 85.3 Å². The first-order valence-electron chi connectivity index (χ1n) is 12.5. The number of nitriles is 1. The summed E-state index contributed by atoms with van der Waals surface area (Å²) in [6.07, 6.45) is 5.30. The Hall–Kier alpha value is -4.32. The van der Waals surface area contributed by atoms with Gasteiger partial charge in [0.1, 0.15) is 11.9 Å². The van der Waals surface area contributed by atoms with Gasteiger partial charge in [-0.05, 0) is 55.2 Å². The van der Waals surface area contributed by atoms with Crippen LogP contribution < -0.4 is 10.6 Å². The lowest BCUT2D eigenvalue weighted by molar-refractivity contribution is -0.118. The third-order valence-corrected chi connectivity index (χ3v) is 6.57. The molecule has 194 valence electrons. The molecule has 1 amide bonds. The van der Waals surface area contributed by atoms with Gasteiger partial charge in [-0.2, -0.15) is 10.4 Å². The van der Waals surface area contributed by atoms with Gasteiger partial charge in [-0.1, -0.05) is 49.4 Å². The third-order valence-electron chi connectivity index (χ3n) is 6.57. The zero-order valence-electron chi connectivity index (χ0n) is 21.8. The first kappa shape index (κ1) is 26.7. The number of nitrogens with one attached hydrogen (secondary N) is 2. The fourth-order valence-electron chi connectivity index (χ4n) is 4.02. The molecule has 2 atom stereocenters. The standard InChI is InChI=1S/C30H32N6O2/c1-21(23-11-9-22(15-31)10-12-23)16-33-28(24-7-5-4-6-8-24)29(38)35-27-14-13-25(17-32-27)26-18-34-36(19-26)30(2,3)20-37/h4-14,17-19,21,28,33,37H,16,20H2,1-3H3,(H,32,35,38)/t21?,28-/m0/s1. The number of aliphatic hydroxyl groups excluding tert-OH is 1. The Morgan fingerprint density at radius 3 is 2.39 bits per heavy atom. The van der Waals surface area contributed by atoms with Crippen LogP contribution in [-0.4, -0.2) is 38.9 Å². The maximum Gasteiger partial charge on any atom is 0.247 e. The molecule has 3 N–H and O–H groups in total. The lowest BCUT2D eigenvalue weighted by atomic mass is 9.98. The molecule has 8 heteroatoms. The van der Waals surface area contributed by atoms with Crippen molar-refractivity contribution in [2.75, 3.05) is 18.5 Å². The predicted octanol–water partition coefficient (Wildman–Crippen LogP) is 4.62. The van der Waals surface area contributed by atoms with Crippen LogP contribution in [0.3, 0.4) is 0 Å². The maximum absolute atomic E-state index is 13.4. The van der Waals surface area contributed by atoms with Gasteiger partial charge >= 0.3 is 0 Å². The minimum atomic E-state index is -0.572. The SMILES string of the molecule is CC(CN[C@H](C(=O)Nc1ccc(-c2cnn(C(C)(C)CO)c2)cn1)c1ccccc1)c1ccc(C#N)cc1. The van der Waals surface area contributed by atoms with E-state index in [4.69, 9.17) is 5.26 Å². The van der Waals surface area contributed by atoms with E-state index in [2.05, 4.69) is 33.7 Å². The molecule has 4 rings (SSSR count). The van der Waals surface area contributed by atoms with Crippen LogP contribution in [0, 0.1) is 11.3 Å². The zero-order chi connectivity index (χ0) is 27.1. The van der Waals surface area contributed by atoms with Crippen molar-refractivity contribution in [3.8, 4) is 17.2 Å². The molecule has 0 spiro atoms. The normalized spacial score (nSPS) is 12.9. The first-order valence-corrected chi connectivity index (χ1v) is 12.5. The number of benzene rings is 2. The number of hydrogen-bond acceptors (Lipinski definition) is 6. The summed E-state index contributed by atoms with van der Waals surface area (Å²) in [6.45, 7) is 6.43. The highest BCUT2D eigenvalue weighted by atomic mass is 16.3. The highest BCUT2D eigenvalue weighted by molar-refractivity contribution is 5.95. The molecule has 0 saturated heterocycles. The number of aliphatic hydroxyl groups is 1. The summed E-state index contributed by atoms with van der Waals surface area (Å²) < 4.78 is 1.73. The number of nitrogens with zero attached hydrogens (tertiary/aromatic N) is 4. The van der Waals surface area contributed by atoms with Crippen LogP contribution in [0.25, 0.3) is 11.1 Å². The largest absolute Gasteiger partial charge is 0.394 e. The summed E-state index contributed by atoms with van der Waals surface area (Å²) >= 11 is 0. The van der Waals surface area contributed by atoms with Gasteiger partial charge in [0.15, 0.2) is 0 Å². The quantitative estimate of drug-likeness (QED) is 0.288. The van der Waals surface area contributed by atoms with Crippen LogP contribution in [0.4, 0.5) is 5.82 Å². The number of hydrogen-bond donors (Lipinski definition) is 3. The maximum atomic E-state index is 13.4. The Bertz CT molecular complexity index is 1390. The number of amides is 1. The van der Waals surface area contributed by atoms with Crippen LogP contribution in [0.2, 0.25) is 0 Å². The van der Waals surface area contributed by atoms with Gasteiger partial charge in [-0.3, -0.25) is 9.48 Å². The summed E-state index contributed by atoms with van der Waals surface area (Å²) in [5.41, 5.74) is 3.79. The molecule has 8 nitrogen and oxygen atoms in total. The molecule has 2 aromatic heterocycles. The Kier molecular flexibility index (Phi) is 8.31. The highest BCUT2D eigenvalue weighted by Gasteiger charge is 2.22. The van der Waals surface area contributed by atoms with Crippen molar-refractivity contribution < 1.29 is 9.90 Å². The van der Waals surface area contributed by atoms with Crippen molar-refractivity contribution in [1.82, 2.24) is 20.1 Å². The number of aromatic nitrogens is 3. The van der Waals surface area contributed by atoms with Crippen LogP contribution in [0.1, 0.15) is 49.4 Å². The average molecular weight is 509 g/mol. The van der Waals surface area contributed by atoms with E-state index < -0.39 is 11.6 Å². The summed E-state index contributed by atoms with van der Waals surface area (Å²) in [5.74, 6) is 0.376. The molecule has 0 aliphatic heterocycles. The summed E-state index contributed by atoms with van der Waals surface area (Å²) in [6, 6.07) is 22.3. The van der Waals surface area contributed by atoms with E-state index in [-0.39, 0.29) is 18.4 Å². The Morgan fingerprint density at radius 2 is 1.76 bits per heavy atom. The topological polar surface area (TPSA) is 116 Å². The molecule has 0 saturated carbocycles. The molecular formula is C30H32N6O2. The van der Waals surface area contributed by atoms with E-state index >= 15 is 0 Å². The van der Waals surface area contributed by atoms with E-state index in [0.717, 1.165) is 22.3 Å². The molecule has 0 bridgehead atoms. The molecule has 0 aliphatic carbocycles. The second kappa shape index (κ2) is 11.8. The molecular weight excluding hydrogens is 476 g/mol. The monoisotopic (exact) mass is 508 g/mol. The molecule has 38 heavy (non-hydrogen) atoms. The predicted molar refractivity (Wildman–Crippen MR) is 147 cm³/mol. The first-order chi connectivity index (χ1) is 18.3. The van der Waals surface area contributed by atoms with Gasteiger partial charge in [0.25, 0.3) is 0 Å². The minimum Gasteiger partial charge on any atom is -0.394 e. The summed E-state index contributed by atoms with van der Waals surface area (Å²) in [7, 11) is 0. The number of pyridine rings is 1. The van der Waals surface area contributed by atoms with E-state index in [9.17, 15) is 9.90 Å². The van der Waals surface area contributed by atoms with Crippen LogP contribution in [0.5, 0.6) is 0 Å². The van der Waals surface area contributed by atoms with Crippen molar-refractivity contribution in [1.29, 1.82) is 5.26 Å². The highest BCUT2D eigenvalue weighted by Crippen LogP contribution is 2.23. The fraction of sp³-hybridized carbons (Fsp3) is 0.267. The second-order valence-electron chi connectivity index (χ2n) is 9.95. The number of rotatable bonds is 10. The number of anilines is 1. The Morgan fingerprint density at radius 1 is 1.03 bits per heavy atom. The third kappa shape index (κ3) is 6.32. The van der Waals surface area contributed by atoms with E-state index in [1.807, 2.05) is 68.6 Å². The molecule has 0 fully saturated rings. The van der Waals surface area contributed by atoms with Crippen molar-refractivity contribution in [2.45, 2.75) is 38.3 Å². The van der Waals surface area contributed by atoms with E-state index in [0.29, 0.717) is 17.9 Å². The van der Waals surface area contributed by atoms with Gasteiger partial charge in [-0.15, -0.1) is 0 Å². The van der Waals surface area contributed by atoms with Gasteiger partial charge in [-0.25, -0.2) is 4.98 Å². The molecule has 2 aromatic carbocycles. The zero-order valence-corrected chi connectivity index (χ0v) is 21.8. The Labute approximate surface area is 223 Å². The average Bonchev–Trinajstić information content (AvgIpc) is 3.45. The molecule has 4 aromatic rings. The van der Waals surface area contributed by atoms with Crippen molar-refractivity contribution >= 4 is 11.7 Å². The van der Waals surface area contributed by atoms with E-state index in [1.54, 1.807) is 35.3 Å². The van der Waals surface area contributed by atoms with Crippen LogP contribution in [-0.2, 0) is 10.3 Å². The molecule has 0 aliphatic rings. The van der Waals surface area contributed by atoms with Crippen molar-refractivity contribution in [3.05, 3.63) is 102 Å². The van der Waals surface area contributed by atoms with Crippen molar-refractivity contribution in [3.63, 3.8) is 0 Å². The van der Waals surface area contributed by atoms with Gasteiger partial charge in [0.05, 0.1) is 30.0 Å². The lowest BCUT2D eigenvalue weighted by Gasteiger charge is -2.22.